The van der Waals surface area contributed by atoms with Gasteiger partial charge in [-0.05, 0) is 31.0 Å². The largest absolute Gasteiger partial charge is 0.351 e. The van der Waals surface area contributed by atoms with Crippen LogP contribution in [0.2, 0.25) is 0 Å². The van der Waals surface area contributed by atoms with Crippen molar-refractivity contribution in [2.45, 2.75) is 50.0 Å². The lowest BCUT2D eigenvalue weighted by molar-refractivity contribution is 0.153. The van der Waals surface area contributed by atoms with Crippen LogP contribution < -0.4 is 10.5 Å². The van der Waals surface area contributed by atoms with Crippen molar-refractivity contribution in [3.05, 3.63) is 53.1 Å². The lowest BCUT2D eigenvalue weighted by Gasteiger charge is -2.53. The fourth-order valence-corrected chi connectivity index (χ4v) is 10.0. The van der Waals surface area contributed by atoms with E-state index < -0.39 is 53.2 Å². The number of nitrogens with two attached hydrogens (primary N) is 1. The van der Waals surface area contributed by atoms with Crippen LogP contribution in [0, 0.1) is 22.9 Å². The lowest BCUT2D eigenvalue weighted by atomic mass is 9.67. The average molecular weight is 667 g/mol. The number of rotatable bonds is 6. The van der Waals surface area contributed by atoms with Gasteiger partial charge in [-0.2, -0.15) is 0 Å². The second-order valence-electron chi connectivity index (χ2n) is 12.6. The molecular formula is C28H29F3N6O4S3. The number of nitrogens with zero attached hydrogens (tertiary/aromatic N) is 4. The van der Waals surface area contributed by atoms with E-state index in [-0.39, 0.29) is 39.9 Å². The number of thiazole rings is 1. The molecule has 4 aromatic rings. The van der Waals surface area contributed by atoms with Crippen LogP contribution in [-0.2, 0) is 32.3 Å². The van der Waals surface area contributed by atoms with Crippen LogP contribution in [0.5, 0.6) is 0 Å². The van der Waals surface area contributed by atoms with E-state index in [4.69, 9.17) is 10.1 Å². The zero-order chi connectivity index (χ0) is 32.0. The molecule has 0 radical (unpaired) electrons. The molecule has 4 heterocycles. The molecule has 6 rings (SSSR count). The Hall–Kier alpha value is -3.34. The SMILES string of the molecule is Cn1cc(-c2ccc(F)c(S(N)(=O)=O)c2F)c(F)c1-c1nc(C(C)(C)C)sc1-c1ccnc(NC2CC3(C2)CS(=O)(=O)C3)n1. The van der Waals surface area contributed by atoms with Gasteiger partial charge in [-0.25, -0.2) is 50.1 Å². The molecule has 16 heteroatoms. The molecule has 0 bridgehead atoms. The van der Waals surface area contributed by atoms with Gasteiger partial charge in [0.25, 0.3) is 0 Å². The van der Waals surface area contributed by atoms with E-state index in [1.807, 2.05) is 20.8 Å². The van der Waals surface area contributed by atoms with Crippen molar-refractivity contribution >= 4 is 37.1 Å². The van der Waals surface area contributed by atoms with Gasteiger partial charge in [-0.3, -0.25) is 0 Å². The van der Waals surface area contributed by atoms with Gasteiger partial charge >= 0.3 is 0 Å². The lowest BCUT2D eigenvalue weighted by Crippen LogP contribution is -2.60. The summed E-state index contributed by atoms with van der Waals surface area (Å²) in [5.74, 6) is -3.04. The highest BCUT2D eigenvalue weighted by molar-refractivity contribution is 7.92. The van der Waals surface area contributed by atoms with Crippen LogP contribution in [0.1, 0.15) is 38.6 Å². The van der Waals surface area contributed by atoms with Crippen molar-refractivity contribution in [3.63, 3.8) is 0 Å². The van der Waals surface area contributed by atoms with Crippen molar-refractivity contribution in [1.29, 1.82) is 0 Å². The van der Waals surface area contributed by atoms with Crippen molar-refractivity contribution in [2.24, 2.45) is 17.6 Å². The molecule has 1 saturated carbocycles. The van der Waals surface area contributed by atoms with Crippen LogP contribution in [-0.4, -0.2) is 53.9 Å². The van der Waals surface area contributed by atoms with Crippen LogP contribution in [0.3, 0.4) is 0 Å². The molecule has 1 spiro atoms. The van der Waals surface area contributed by atoms with E-state index in [0.717, 1.165) is 12.1 Å². The molecule has 1 aliphatic carbocycles. The zero-order valence-electron chi connectivity index (χ0n) is 24.2. The molecule has 0 amide bonds. The number of hydrogen-bond acceptors (Lipinski definition) is 9. The number of aromatic nitrogens is 4. The predicted molar refractivity (Wildman–Crippen MR) is 161 cm³/mol. The molecule has 44 heavy (non-hydrogen) atoms. The highest BCUT2D eigenvalue weighted by Crippen LogP contribution is 2.51. The first-order valence-electron chi connectivity index (χ1n) is 13.6. The third-order valence-electron chi connectivity index (χ3n) is 7.87. The molecule has 1 aliphatic heterocycles. The fraction of sp³-hybridized carbons (Fsp3) is 0.393. The normalized spacial score (nSPS) is 17.8. The molecule has 2 fully saturated rings. The van der Waals surface area contributed by atoms with E-state index in [1.165, 1.54) is 29.1 Å². The quantitative estimate of drug-likeness (QED) is 0.303. The van der Waals surface area contributed by atoms with Gasteiger partial charge in [-0.15, -0.1) is 11.3 Å². The van der Waals surface area contributed by atoms with Gasteiger partial charge in [0, 0.05) is 47.4 Å². The van der Waals surface area contributed by atoms with Gasteiger partial charge in [0.15, 0.2) is 26.4 Å². The van der Waals surface area contributed by atoms with Crippen molar-refractivity contribution in [2.75, 3.05) is 16.8 Å². The summed E-state index contributed by atoms with van der Waals surface area (Å²) in [5, 5.41) is 8.97. The van der Waals surface area contributed by atoms with Gasteiger partial charge in [0.2, 0.25) is 16.0 Å². The summed E-state index contributed by atoms with van der Waals surface area (Å²) in [7, 11) is -6.18. The maximum atomic E-state index is 16.3. The number of primary sulfonamides is 1. The summed E-state index contributed by atoms with van der Waals surface area (Å²) >= 11 is 1.31. The molecular weight excluding hydrogens is 638 g/mol. The zero-order valence-corrected chi connectivity index (χ0v) is 26.6. The number of benzene rings is 1. The summed E-state index contributed by atoms with van der Waals surface area (Å²) in [6.45, 7) is 5.86. The monoisotopic (exact) mass is 666 g/mol. The molecule has 3 N–H and O–H groups in total. The second-order valence-corrected chi connectivity index (χ2v) is 17.2. The first-order valence-corrected chi connectivity index (χ1v) is 17.7. The Morgan fingerprint density at radius 2 is 1.75 bits per heavy atom. The molecule has 2 aliphatic rings. The molecule has 10 nitrogen and oxygen atoms in total. The number of aryl methyl sites for hydroxylation is 1. The third kappa shape index (κ3) is 5.31. The number of sulfonamides is 1. The van der Waals surface area contributed by atoms with Crippen LogP contribution in [0.4, 0.5) is 19.1 Å². The van der Waals surface area contributed by atoms with Crippen LogP contribution >= 0.6 is 11.3 Å². The topological polar surface area (TPSA) is 150 Å². The van der Waals surface area contributed by atoms with Crippen molar-refractivity contribution < 1.29 is 30.0 Å². The molecule has 3 aromatic heterocycles. The maximum Gasteiger partial charge on any atom is 0.243 e. The van der Waals surface area contributed by atoms with Gasteiger partial charge in [0.1, 0.15) is 17.2 Å². The summed E-state index contributed by atoms with van der Waals surface area (Å²) in [6.07, 6.45) is 4.23. The summed E-state index contributed by atoms with van der Waals surface area (Å²) in [4.78, 5) is 12.9. The first-order chi connectivity index (χ1) is 20.4. The Kier molecular flexibility index (Phi) is 7.03. The van der Waals surface area contributed by atoms with Crippen molar-refractivity contribution in [1.82, 2.24) is 19.5 Å². The average Bonchev–Trinajstić information content (AvgIpc) is 3.42. The predicted octanol–water partition coefficient (Wildman–Crippen LogP) is 4.62. The number of sulfone groups is 1. The first kappa shape index (κ1) is 30.7. The Bertz CT molecular complexity index is 2030. The van der Waals surface area contributed by atoms with Gasteiger partial charge < -0.3 is 9.88 Å². The number of halogens is 3. The standard InChI is InChI=1S/C28H29F3N6O4S3/c1-27(2,3)25-36-21(22-19(30)16(11-37(22)4)15-5-6-17(29)24(20(15)31)44(32,40)41)23(42-25)18-7-8-33-26(35-18)34-14-9-28(10-14)12-43(38,39)13-28/h5-8,11,14H,9-10,12-13H2,1-4H3,(H2,32,40,41)(H,33,34,35). The Morgan fingerprint density at radius 1 is 1.07 bits per heavy atom. The minimum absolute atomic E-state index is 0.0112. The second kappa shape index (κ2) is 10.1. The van der Waals surface area contributed by atoms with Crippen molar-refractivity contribution in [3.8, 4) is 33.1 Å². The maximum absolute atomic E-state index is 16.3. The number of anilines is 1. The summed E-state index contributed by atoms with van der Waals surface area (Å²) in [5.41, 5.74) is -0.696. The van der Waals surface area contributed by atoms with E-state index in [0.29, 0.717) is 34.4 Å². The minimum atomic E-state index is -4.78. The van der Waals surface area contributed by atoms with Gasteiger partial charge in [-0.1, -0.05) is 20.8 Å². The van der Waals surface area contributed by atoms with E-state index in [9.17, 15) is 21.2 Å². The highest BCUT2D eigenvalue weighted by Gasteiger charge is 2.56. The smallest absolute Gasteiger partial charge is 0.243 e. The molecule has 1 saturated heterocycles. The van der Waals surface area contributed by atoms with E-state index in [2.05, 4.69) is 15.3 Å². The molecule has 234 valence electrons. The molecule has 0 atom stereocenters. The molecule has 1 aromatic carbocycles. The fourth-order valence-electron chi connectivity index (χ4n) is 5.98. The van der Waals surface area contributed by atoms with Crippen LogP contribution in [0.15, 0.2) is 35.5 Å². The summed E-state index contributed by atoms with van der Waals surface area (Å²) < 4.78 is 94.2. The minimum Gasteiger partial charge on any atom is -0.351 e. The Balaban J connectivity index is 1.40. The van der Waals surface area contributed by atoms with Gasteiger partial charge in [0.05, 0.1) is 27.1 Å². The van der Waals surface area contributed by atoms with Crippen LogP contribution in [0.25, 0.3) is 33.1 Å². The Labute approximate surface area is 256 Å². The number of nitrogens with one attached hydrogen (secondary N) is 1. The van der Waals surface area contributed by atoms with E-state index >= 15 is 8.78 Å². The summed E-state index contributed by atoms with van der Waals surface area (Å²) in [6, 6.07) is 3.36. The third-order valence-corrected chi connectivity index (χ3v) is 12.4. The number of hydrogen-bond donors (Lipinski definition) is 2. The van der Waals surface area contributed by atoms with E-state index in [1.54, 1.807) is 12.3 Å². The Morgan fingerprint density at radius 3 is 2.36 bits per heavy atom. The molecule has 0 unspecified atom stereocenters. The highest BCUT2D eigenvalue weighted by atomic mass is 32.2.